The van der Waals surface area contributed by atoms with Crippen molar-refractivity contribution in [3.63, 3.8) is 0 Å². The van der Waals surface area contributed by atoms with Gasteiger partial charge in [-0.05, 0) is 42.2 Å². The summed E-state index contributed by atoms with van der Waals surface area (Å²) < 4.78 is 0. The first-order valence-electron chi connectivity index (χ1n) is 6.46. The van der Waals surface area contributed by atoms with Gasteiger partial charge in [-0.3, -0.25) is 0 Å². The van der Waals surface area contributed by atoms with Crippen molar-refractivity contribution in [2.24, 2.45) is 11.8 Å². The van der Waals surface area contributed by atoms with Crippen LogP contribution in [0, 0.1) is 11.8 Å². The minimum atomic E-state index is 0.720. The maximum Gasteiger partial charge on any atom is 0.0440 e. The van der Waals surface area contributed by atoms with Gasteiger partial charge in [0.15, 0.2) is 0 Å². The van der Waals surface area contributed by atoms with E-state index in [0.717, 1.165) is 22.8 Å². The van der Waals surface area contributed by atoms with E-state index in [2.05, 4.69) is 26.0 Å². The Kier molecular flexibility index (Phi) is 3.91. The predicted octanol–water partition coefficient (Wildman–Crippen LogP) is 5.27. The highest BCUT2D eigenvalue weighted by molar-refractivity contribution is 6.31. The monoisotopic (exact) mass is 236 g/mol. The molecule has 1 aromatic rings. The van der Waals surface area contributed by atoms with Gasteiger partial charge in [0.2, 0.25) is 0 Å². The van der Waals surface area contributed by atoms with Crippen molar-refractivity contribution in [3.8, 4) is 0 Å². The normalized spacial score (nSPS) is 26.2. The fourth-order valence-electron chi connectivity index (χ4n) is 2.88. The molecular formula is C15H21Cl. The van der Waals surface area contributed by atoms with Crippen LogP contribution < -0.4 is 0 Å². The van der Waals surface area contributed by atoms with Crippen LogP contribution in [0.5, 0.6) is 0 Å². The number of benzene rings is 1. The molecule has 2 rings (SSSR count). The van der Waals surface area contributed by atoms with Gasteiger partial charge in [-0.15, -0.1) is 0 Å². The first kappa shape index (κ1) is 12.0. The average molecular weight is 237 g/mol. The molecule has 1 atom stereocenters. The summed E-state index contributed by atoms with van der Waals surface area (Å²) in [4.78, 5) is 0. The Morgan fingerprint density at radius 2 is 2.00 bits per heavy atom. The molecule has 16 heavy (non-hydrogen) atoms. The standard InChI is InChI=1S/C15H21Cl/c1-3-6-11(2)12-9-13(10-12)14-7-4-5-8-15(14)16/h4-5,7-8,11-13H,3,6,9-10H2,1-2H3/t11-,12?,13?/m1/s1. The number of hydrogen-bond acceptors (Lipinski definition) is 0. The topological polar surface area (TPSA) is 0 Å². The zero-order chi connectivity index (χ0) is 11.5. The second kappa shape index (κ2) is 5.23. The lowest BCUT2D eigenvalue weighted by atomic mass is 9.66. The van der Waals surface area contributed by atoms with Gasteiger partial charge >= 0.3 is 0 Å². The van der Waals surface area contributed by atoms with E-state index in [-0.39, 0.29) is 0 Å². The van der Waals surface area contributed by atoms with Gasteiger partial charge in [-0.1, -0.05) is 56.5 Å². The van der Waals surface area contributed by atoms with Crippen molar-refractivity contribution < 1.29 is 0 Å². The van der Waals surface area contributed by atoms with E-state index in [1.165, 1.54) is 31.2 Å². The van der Waals surface area contributed by atoms with Crippen molar-refractivity contribution in [1.82, 2.24) is 0 Å². The van der Waals surface area contributed by atoms with Crippen LogP contribution in [0.25, 0.3) is 0 Å². The molecule has 0 aromatic heterocycles. The quantitative estimate of drug-likeness (QED) is 0.668. The highest BCUT2D eigenvalue weighted by Crippen LogP contribution is 2.47. The van der Waals surface area contributed by atoms with Gasteiger partial charge < -0.3 is 0 Å². The van der Waals surface area contributed by atoms with Crippen LogP contribution in [0.3, 0.4) is 0 Å². The Balaban J connectivity index is 1.91. The number of rotatable bonds is 4. The van der Waals surface area contributed by atoms with E-state index in [0.29, 0.717) is 0 Å². The molecule has 0 aliphatic heterocycles. The van der Waals surface area contributed by atoms with Gasteiger partial charge in [0, 0.05) is 5.02 Å². The van der Waals surface area contributed by atoms with Gasteiger partial charge in [0.1, 0.15) is 0 Å². The summed E-state index contributed by atoms with van der Waals surface area (Å²) in [6, 6.07) is 8.32. The summed E-state index contributed by atoms with van der Waals surface area (Å²) in [5, 5.41) is 0.953. The smallest absolute Gasteiger partial charge is 0.0440 e. The molecule has 1 aliphatic rings. The predicted molar refractivity (Wildman–Crippen MR) is 71.0 cm³/mol. The summed E-state index contributed by atoms with van der Waals surface area (Å²) in [5.41, 5.74) is 1.36. The highest BCUT2D eigenvalue weighted by atomic mass is 35.5. The van der Waals surface area contributed by atoms with Crippen LogP contribution in [-0.2, 0) is 0 Å². The minimum absolute atomic E-state index is 0.720. The Hall–Kier alpha value is -0.490. The lowest BCUT2D eigenvalue weighted by Crippen LogP contribution is -2.27. The zero-order valence-corrected chi connectivity index (χ0v) is 11.0. The molecule has 0 radical (unpaired) electrons. The third-order valence-electron chi connectivity index (χ3n) is 4.07. The third kappa shape index (κ3) is 2.43. The van der Waals surface area contributed by atoms with E-state index in [4.69, 9.17) is 11.6 Å². The largest absolute Gasteiger partial charge is 0.0840 e. The summed E-state index contributed by atoms with van der Waals surface area (Å²) in [6.45, 7) is 4.68. The molecule has 1 fully saturated rings. The maximum absolute atomic E-state index is 6.22. The van der Waals surface area contributed by atoms with E-state index in [1.807, 2.05) is 12.1 Å². The van der Waals surface area contributed by atoms with Crippen molar-refractivity contribution >= 4 is 11.6 Å². The van der Waals surface area contributed by atoms with E-state index in [9.17, 15) is 0 Å². The Bertz CT molecular complexity index is 339. The summed E-state index contributed by atoms with van der Waals surface area (Å²) in [5.74, 6) is 2.54. The van der Waals surface area contributed by atoms with E-state index >= 15 is 0 Å². The number of halogens is 1. The summed E-state index contributed by atoms with van der Waals surface area (Å²) >= 11 is 6.22. The second-order valence-electron chi connectivity index (χ2n) is 5.22. The average Bonchev–Trinajstić information content (AvgIpc) is 2.19. The van der Waals surface area contributed by atoms with Crippen molar-refractivity contribution in [2.45, 2.75) is 45.4 Å². The van der Waals surface area contributed by atoms with Crippen molar-refractivity contribution in [2.75, 3.05) is 0 Å². The molecule has 0 spiro atoms. The molecule has 1 aromatic carbocycles. The molecule has 88 valence electrons. The minimum Gasteiger partial charge on any atom is -0.0840 e. The SMILES string of the molecule is CCC[C@@H](C)C1CC(c2ccccc2Cl)C1. The second-order valence-corrected chi connectivity index (χ2v) is 5.62. The van der Waals surface area contributed by atoms with Gasteiger partial charge in [0.25, 0.3) is 0 Å². The Labute approximate surface area is 104 Å². The zero-order valence-electron chi connectivity index (χ0n) is 10.2. The molecule has 0 unspecified atom stereocenters. The maximum atomic E-state index is 6.22. The lowest BCUT2D eigenvalue weighted by Gasteiger charge is -2.40. The van der Waals surface area contributed by atoms with E-state index in [1.54, 1.807) is 0 Å². The highest BCUT2D eigenvalue weighted by Gasteiger charge is 2.34. The molecule has 0 N–H and O–H groups in total. The third-order valence-corrected chi connectivity index (χ3v) is 4.41. The van der Waals surface area contributed by atoms with Crippen molar-refractivity contribution in [3.05, 3.63) is 34.9 Å². The molecule has 0 bridgehead atoms. The number of hydrogen-bond donors (Lipinski definition) is 0. The summed E-state index contributed by atoms with van der Waals surface area (Å²) in [7, 11) is 0. The van der Waals surface area contributed by atoms with Crippen LogP contribution in [0.15, 0.2) is 24.3 Å². The van der Waals surface area contributed by atoms with Gasteiger partial charge in [-0.25, -0.2) is 0 Å². The van der Waals surface area contributed by atoms with Crippen LogP contribution >= 0.6 is 11.6 Å². The Morgan fingerprint density at radius 3 is 2.62 bits per heavy atom. The Morgan fingerprint density at radius 1 is 1.31 bits per heavy atom. The van der Waals surface area contributed by atoms with E-state index < -0.39 is 0 Å². The summed E-state index contributed by atoms with van der Waals surface area (Å²) in [6.07, 6.45) is 5.37. The molecule has 0 nitrogen and oxygen atoms in total. The molecule has 1 saturated carbocycles. The van der Waals surface area contributed by atoms with Crippen LogP contribution in [0.2, 0.25) is 5.02 Å². The molecule has 0 saturated heterocycles. The first-order valence-corrected chi connectivity index (χ1v) is 6.84. The van der Waals surface area contributed by atoms with Crippen LogP contribution in [0.1, 0.15) is 51.0 Å². The fourth-order valence-corrected chi connectivity index (χ4v) is 3.17. The fraction of sp³-hybridized carbons (Fsp3) is 0.600. The molecule has 0 heterocycles. The van der Waals surface area contributed by atoms with Crippen LogP contribution in [-0.4, -0.2) is 0 Å². The van der Waals surface area contributed by atoms with Gasteiger partial charge in [0.05, 0.1) is 0 Å². The molecular weight excluding hydrogens is 216 g/mol. The van der Waals surface area contributed by atoms with Gasteiger partial charge in [-0.2, -0.15) is 0 Å². The molecule has 0 amide bonds. The molecule has 1 aliphatic carbocycles. The lowest BCUT2D eigenvalue weighted by molar-refractivity contribution is 0.176. The molecule has 1 heteroatoms. The van der Waals surface area contributed by atoms with Crippen molar-refractivity contribution in [1.29, 1.82) is 0 Å². The van der Waals surface area contributed by atoms with Crippen LogP contribution in [0.4, 0.5) is 0 Å². The first-order chi connectivity index (χ1) is 7.72.